The van der Waals surface area contributed by atoms with Gasteiger partial charge in [-0.3, -0.25) is 9.79 Å². The molecule has 0 radical (unpaired) electrons. The molecule has 2 aliphatic heterocycles. The zero-order valence-corrected chi connectivity index (χ0v) is 16.5. The van der Waals surface area contributed by atoms with Crippen molar-refractivity contribution >= 4 is 29.8 Å². The maximum atomic E-state index is 12.4. The maximum Gasteiger partial charge on any atom is 0.238 e. The summed E-state index contributed by atoms with van der Waals surface area (Å²) < 4.78 is 16.6. The number of halogens is 1. The van der Waals surface area contributed by atoms with Crippen LogP contribution in [0.5, 0.6) is 5.75 Å². The SMILES string of the molecule is Cl.O=C(COc1ccc(NC2=NCCN2)cc1)C1=COC=C(C2=CC=CCC2)O1. The van der Waals surface area contributed by atoms with Gasteiger partial charge in [0, 0.05) is 12.2 Å². The Kier molecular flexibility index (Phi) is 6.97. The highest BCUT2D eigenvalue weighted by Gasteiger charge is 2.21. The molecule has 2 N–H and O–H groups in total. The van der Waals surface area contributed by atoms with E-state index in [1.807, 2.05) is 24.3 Å². The smallest absolute Gasteiger partial charge is 0.238 e. The monoisotopic (exact) mass is 415 g/mol. The first kappa shape index (κ1) is 20.5. The van der Waals surface area contributed by atoms with E-state index >= 15 is 0 Å². The third-order valence-corrected chi connectivity index (χ3v) is 4.34. The number of hydrogen-bond donors (Lipinski definition) is 2. The summed E-state index contributed by atoms with van der Waals surface area (Å²) in [6, 6.07) is 7.32. The molecule has 0 amide bonds. The van der Waals surface area contributed by atoms with Gasteiger partial charge in [-0.2, -0.15) is 0 Å². The van der Waals surface area contributed by atoms with Crippen molar-refractivity contribution in [2.45, 2.75) is 12.8 Å². The van der Waals surface area contributed by atoms with E-state index in [0.717, 1.165) is 43.2 Å². The normalized spacial score (nSPS) is 17.2. The van der Waals surface area contributed by atoms with E-state index < -0.39 is 0 Å². The van der Waals surface area contributed by atoms with Crippen molar-refractivity contribution in [1.29, 1.82) is 0 Å². The van der Waals surface area contributed by atoms with Crippen molar-refractivity contribution in [3.8, 4) is 5.75 Å². The minimum atomic E-state index is -0.288. The van der Waals surface area contributed by atoms with Gasteiger partial charge in [-0.15, -0.1) is 12.4 Å². The first-order valence-electron chi connectivity index (χ1n) is 9.19. The predicted molar refractivity (Wildman–Crippen MR) is 113 cm³/mol. The first-order valence-corrected chi connectivity index (χ1v) is 9.19. The third kappa shape index (κ3) is 5.42. The number of ketones is 1. The van der Waals surface area contributed by atoms with Crippen molar-refractivity contribution in [2.75, 3.05) is 25.0 Å². The van der Waals surface area contributed by atoms with Gasteiger partial charge in [0.05, 0.1) is 6.54 Å². The van der Waals surface area contributed by atoms with Crippen LogP contribution < -0.4 is 15.4 Å². The Labute approximate surface area is 175 Å². The quantitative estimate of drug-likeness (QED) is 0.740. The summed E-state index contributed by atoms with van der Waals surface area (Å²) in [5, 5.41) is 6.32. The van der Waals surface area contributed by atoms with Crippen LogP contribution in [0.3, 0.4) is 0 Å². The molecule has 0 unspecified atom stereocenters. The number of rotatable bonds is 6. The Hall–Kier alpha value is -3.19. The lowest BCUT2D eigenvalue weighted by Crippen LogP contribution is -2.26. The Balaban J connectivity index is 0.00000240. The van der Waals surface area contributed by atoms with Gasteiger partial charge in [0.2, 0.25) is 11.5 Å². The van der Waals surface area contributed by atoms with Crippen molar-refractivity contribution in [3.63, 3.8) is 0 Å². The van der Waals surface area contributed by atoms with E-state index in [1.165, 1.54) is 12.5 Å². The van der Waals surface area contributed by atoms with Gasteiger partial charge < -0.3 is 24.8 Å². The maximum absolute atomic E-state index is 12.4. The molecule has 0 fully saturated rings. The third-order valence-electron chi connectivity index (χ3n) is 4.34. The Morgan fingerprint density at radius 1 is 1.24 bits per heavy atom. The highest BCUT2D eigenvalue weighted by atomic mass is 35.5. The summed E-state index contributed by atoms with van der Waals surface area (Å²) in [4.78, 5) is 16.7. The molecule has 4 rings (SSSR count). The number of Topliss-reactive ketones (excluding diaryl/α,β-unsaturated/α-hetero) is 1. The van der Waals surface area contributed by atoms with Gasteiger partial charge in [0.1, 0.15) is 18.3 Å². The predicted octanol–water partition coefficient (Wildman–Crippen LogP) is 3.43. The molecule has 0 spiro atoms. The average Bonchev–Trinajstić information content (AvgIpc) is 3.27. The van der Waals surface area contributed by atoms with Crippen molar-refractivity contribution in [3.05, 3.63) is 72.1 Å². The standard InChI is InChI=1S/C21H21N3O4.ClH/c25-18(20-14-26-13-19(28-20)15-4-2-1-3-5-15)12-27-17-8-6-16(7-9-17)24-21-22-10-11-23-21;/h1-2,4,6-9,13-14H,3,5,10-12H2,(H2,22,23,24);1H. The lowest BCUT2D eigenvalue weighted by atomic mass is 10.0. The van der Waals surface area contributed by atoms with Crippen LogP contribution in [0.25, 0.3) is 0 Å². The van der Waals surface area contributed by atoms with Gasteiger partial charge in [-0.1, -0.05) is 18.2 Å². The van der Waals surface area contributed by atoms with E-state index in [4.69, 9.17) is 14.2 Å². The molecular weight excluding hydrogens is 394 g/mol. The summed E-state index contributed by atoms with van der Waals surface area (Å²) in [5.41, 5.74) is 1.90. The fourth-order valence-corrected chi connectivity index (χ4v) is 2.87. The fourth-order valence-electron chi connectivity index (χ4n) is 2.87. The molecule has 0 aromatic heterocycles. The minimum absolute atomic E-state index is 0. The molecule has 0 atom stereocenters. The number of anilines is 1. The molecule has 3 aliphatic rings. The van der Waals surface area contributed by atoms with Crippen LogP contribution in [-0.4, -0.2) is 31.4 Å². The molecule has 2 heterocycles. The average molecular weight is 416 g/mol. The van der Waals surface area contributed by atoms with E-state index in [0.29, 0.717) is 11.5 Å². The molecule has 7 nitrogen and oxygen atoms in total. The molecule has 0 saturated heterocycles. The van der Waals surface area contributed by atoms with Crippen LogP contribution in [-0.2, 0) is 14.3 Å². The Morgan fingerprint density at radius 3 is 2.83 bits per heavy atom. The van der Waals surface area contributed by atoms with E-state index in [-0.39, 0.29) is 30.6 Å². The van der Waals surface area contributed by atoms with Gasteiger partial charge in [0.25, 0.3) is 0 Å². The Morgan fingerprint density at radius 2 is 2.10 bits per heavy atom. The second kappa shape index (κ2) is 9.84. The summed E-state index contributed by atoms with van der Waals surface area (Å²) >= 11 is 0. The molecule has 1 aromatic carbocycles. The van der Waals surface area contributed by atoms with Crippen LogP contribution >= 0.6 is 12.4 Å². The molecule has 29 heavy (non-hydrogen) atoms. The van der Waals surface area contributed by atoms with Crippen molar-refractivity contribution in [2.24, 2.45) is 4.99 Å². The number of hydrogen-bond acceptors (Lipinski definition) is 7. The molecule has 8 heteroatoms. The summed E-state index contributed by atoms with van der Waals surface area (Å²) in [6.07, 6.45) is 10.6. The summed E-state index contributed by atoms with van der Waals surface area (Å²) in [6.45, 7) is 1.48. The number of carbonyl (C=O) groups excluding carboxylic acids is 1. The zero-order chi connectivity index (χ0) is 19.2. The zero-order valence-electron chi connectivity index (χ0n) is 15.7. The topological polar surface area (TPSA) is 81.2 Å². The number of allylic oxidation sites excluding steroid dienone is 4. The van der Waals surface area contributed by atoms with Crippen molar-refractivity contribution < 1.29 is 19.0 Å². The highest BCUT2D eigenvalue weighted by Crippen LogP contribution is 2.26. The van der Waals surface area contributed by atoms with Crippen LogP contribution in [0.1, 0.15) is 12.8 Å². The van der Waals surface area contributed by atoms with Crippen LogP contribution in [0.4, 0.5) is 5.69 Å². The number of aliphatic imine (C=N–C) groups is 1. The van der Waals surface area contributed by atoms with Gasteiger partial charge in [-0.25, -0.2) is 0 Å². The second-order valence-corrected chi connectivity index (χ2v) is 6.38. The molecule has 0 saturated carbocycles. The van der Waals surface area contributed by atoms with Gasteiger partial charge >= 0.3 is 0 Å². The minimum Gasteiger partial charge on any atom is -0.485 e. The molecule has 152 valence electrons. The number of nitrogens with one attached hydrogen (secondary N) is 2. The van der Waals surface area contributed by atoms with E-state index in [1.54, 1.807) is 12.1 Å². The second-order valence-electron chi connectivity index (χ2n) is 6.38. The largest absolute Gasteiger partial charge is 0.485 e. The Bertz CT molecular complexity index is 901. The van der Waals surface area contributed by atoms with Crippen molar-refractivity contribution in [1.82, 2.24) is 5.32 Å². The number of guanidine groups is 1. The first-order chi connectivity index (χ1) is 13.8. The van der Waals surface area contributed by atoms with E-state index in [9.17, 15) is 4.79 Å². The van der Waals surface area contributed by atoms with Gasteiger partial charge in [0.15, 0.2) is 18.3 Å². The molecule has 1 aromatic rings. The van der Waals surface area contributed by atoms with Crippen LogP contribution in [0, 0.1) is 0 Å². The number of benzene rings is 1. The summed E-state index contributed by atoms with van der Waals surface area (Å²) in [7, 11) is 0. The molecule has 0 bridgehead atoms. The fraction of sp³-hybridized carbons (Fsp3) is 0.238. The number of nitrogens with zero attached hydrogens (tertiary/aromatic N) is 1. The molecular formula is C21H22ClN3O4. The van der Waals surface area contributed by atoms with Crippen LogP contribution in [0.2, 0.25) is 0 Å². The summed E-state index contributed by atoms with van der Waals surface area (Å²) in [5.74, 6) is 1.76. The van der Waals surface area contributed by atoms with Gasteiger partial charge in [-0.05, 0) is 42.7 Å². The lowest BCUT2D eigenvalue weighted by molar-refractivity contribution is -0.120. The lowest BCUT2D eigenvalue weighted by Gasteiger charge is -2.18. The number of carbonyl (C=O) groups is 1. The van der Waals surface area contributed by atoms with E-state index in [2.05, 4.69) is 21.7 Å². The molecule has 1 aliphatic carbocycles. The van der Waals surface area contributed by atoms with Crippen LogP contribution in [0.15, 0.2) is 77.1 Å². The number of ether oxygens (including phenoxy) is 3. The highest BCUT2D eigenvalue weighted by molar-refractivity contribution is 5.95.